The zero-order valence-electron chi connectivity index (χ0n) is 12.4. The topological polar surface area (TPSA) is 9.23 Å². The van der Waals surface area contributed by atoms with Crippen molar-refractivity contribution in [3.05, 3.63) is 35.4 Å². The van der Waals surface area contributed by atoms with Gasteiger partial charge in [-0.2, -0.15) is 39.5 Å². The molecular weight excluding hydrogens is 355 g/mol. The molecule has 24 heavy (non-hydrogen) atoms. The van der Waals surface area contributed by atoms with E-state index in [1.807, 2.05) is 0 Å². The predicted octanol–water partition coefficient (Wildman–Crippen LogP) is 5.54. The van der Waals surface area contributed by atoms with Gasteiger partial charge in [0.05, 0.1) is 6.10 Å². The highest BCUT2D eigenvalue weighted by molar-refractivity contribution is 5.23. The number of rotatable bonds is 6. The molecule has 1 aromatic rings. The van der Waals surface area contributed by atoms with Crippen molar-refractivity contribution in [2.75, 3.05) is 7.11 Å². The Bertz CT molecular complexity index is 548. The summed E-state index contributed by atoms with van der Waals surface area (Å²) < 4.78 is 120. The Morgan fingerprint density at radius 3 is 1.67 bits per heavy atom. The molecule has 0 aliphatic carbocycles. The Kier molecular flexibility index (Phi) is 5.54. The molecule has 0 amide bonds. The average molecular weight is 368 g/mol. The minimum absolute atomic E-state index is 0.0612. The van der Waals surface area contributed by atoms with E-state index in [0.29, 0.717) is 5.56 Å². The van der Waals surface area contributed by atoms with Gasteiger partial charge in [-0.05, 0) is 12.5 Å². The average Bonchev–Trinajstić information content (AvgIpc) is 2.44. The van der Waals surface area contributed by atoms with Crippen molar-refractivity contribution in [1.29, 1.82) is 0 Å². The number of aryl methyl sites for hydroxylation is 1. The van der Waals surface area contributed by atoms with Crippen LogP contribution in [0.4, 0.5) is 39.5 Å². The molecule has 0 fully saturated rings. The molecule has 0 radical (unpaired) electrons. The number of ether oxygens (including phenoxy) is 1. The molecule has 1 unspecified atom stereocenters. The lowest BCUT2D eigenvalue weighted by molar-refractivity contribution is -0.398. The van der Waals surface area contributed by atoms with Gasteiger partial charge in [0.15, 0.2) is 0 Å². The Morgan fingerprint density at radius 1 is 0.833 bits per heavy atom. The Morgan fingerprint density at radius 2 is 1.29 bits per heavy atom. The second-order valence-electron chi connectivity index (χ2n) is 5.19. The predicted molar refractivity (Wildman–Crippen MR) is 66.4 cm³/mol. The van der Waals surface area contributed by atoms with Gasteiger partial charge >= 0.3 is 23.9 Å². The van der Waals surface area contributed by atoms with Crippen LogP contribution in [-0.4, -0.2) is 31.1 Å². The van der Waals surface area contributed by atoms with Crippen molar-refractivity contribution in [2.24, 2.45) is 0 Å². The molecule has 1 rings (SSSR count). The van der Waals surface area contributed by atoms with Gasteiger partial charge in [0, 0.05) is 13.5 Å². The molecule has 0 saturated heterocycles. The third-order valence-electron chi connectivity index (χ3n) is 3.39. The van der Waals surface area contributed by atoms with Crippen LogP contribution in [0.3, 0.4) is 0 Å². The molecule has 0 bridgehead atoms. The van der Waals surface area contributed by atoms with Crippen LogP contribution < -0.4 is 0 Å². The van der Waals surface area contributed by atoms with Crippen molar-refractivity contribution in [3.63, 3.8) is 0 Å². The maximum atomic E-state index is 13.6. The zero-order chi connectivity index (χ0) is 19.0. The fourth-order valence-corrected chi connectivity index (χ4v) is 1.89. The van der Waals surface area contributed by atoms with Gasteiger partial charge in [-0.25, -0.2) is 0 Å². The standard InChI is InChI=1S/C14H13F9O/c1-8-3-5-9(6-4-8)10(24-2)7-11(15,16)12(17,18)13(19,20)14(21,22)23/h3-6,10H,7H2,1-2H3. The van der Waals surface area contributed by atoms with Crippen LogP contribution in [0.1, 0.15) is 23.7 Å². The van der Waals surface area contributed by atoms with Crippen LogP contribution in [-0.2, 0) is 4.74 Å². The van der Waals surface area contributed by atoms with Gasteiger partial charge < -0.3 is 4.74 Å². The van der Waals surface area contributed by atoms with E-state index in [1.165, 1.54) is 24.3 Å². The number of methoxy groups -OCH3 is 1. The lowest BCUT2D eigenvalue weighted by atomic mass is 9.95. The first-order valence-corrected chi connectivity index (χ1v) is 6.47. The highest BCUT2D eigenvalue weighted by Gasteiger charge is 2.81. The molecule has 0 aliphatic rings. The smallest absolute Gasteiger partial charge is 0.377 e. The molecule has 138 valence electrons. The molecule has 0 spiro atoms. The molecule has 10 heteroatoms. The van der Waals surface area contributed by atoms with Crippen molar-refractivity contribution >= 4 is 0 Å². The van der Waals surface area contributed by atoms with E-state index in [0.717, 1.165) is 7.11 Å². The van der Waals surface area contributed by atoms with Gasteiger partial charge in [0.1, 0.15) is 0 Å². The number of hydrogen-bond acceptors (Lipinski definition) is 1. The molecule has 1 atom stereocenters. The summed E-state index contributed by atoms with van der Waals surface area (Å²) in [7, 11) is 0.848. The Hall–Kier alpha value is -1.45. The minimum atomic E-state index is -6.89. The molecule has 1 aromatic carbocycles. The SMILES string of the molecule is COC(CC(F)(F)C(F)(F)C(F)(F)C(F)(F)F)c1ccc(C)cc1. The first-order chi connectivity index (χ1) is 10.7. The summed E-state index contributed by atoms with van der Waals surface area (Å²) in [5.74, 6) is -19.2. The van der Waals surface area contributed by atoms with Crippen LogP contribution in [0.2, 0.25) is 0 Å². The first-order valence-electron chi connectivity index (χ1n) is 6.47. The maximum Gasteiger partial charge on any atom is 0.460 e. The lowest BCUT2D eigenvalue weighted by Crippen LogP contribution is -2.61. The van der Waals surface area contributed by atoms with Crippen molar-refractivity contribution in [3.8, 4) is 0 Å². The Labute approximate surface area is 131 Å². The van der Waals surface area contributed by atoms with Gasteiger partial charge in [0.25, 0.3) is 0 Å². The van der Waals surface area contributed by atoms with Gasteiger partial charge in [-0.15, -0.1) is 0 Å². The third-order valence-corrected chi connectivity index (χ3v) is 3.39. The minimum Gasteiger partial charge on any atom is -0.377 e. The van der Waals surface area contributed by atoms with E-state index in [1.54, 1.807) is 6.92 Å². The quantitative estimate of drug-likeness (QED) is 0.599. The van der Waals surface area contributed by atoms with Gasteiger partial charge in [-0.1, -0.05) is 29.8 Å². The van der Waals surface area contributed by atoms with Crippen molar-refractivity contribution < 1.29 is 44.3 Å². The summed E-state index contributed by atoms with van der Waals surface area (Å²) in [6.45, 7) is 1.64. The highest BCUT2D eigenvalue weighted by atomic mass is 19.4. The number of benzene rings is 1. The summed E-state index contributed by atoms with van der Waals surface area (Å²) in [6, 6.07) is 5.28. The summed E-state index contributed by atoms with van der Waals surface area (Å²) in [4.78, 5) is 0. The van der Waals surface area contributed by atoms with Crippen LogP contribution >= 0.6 is 0 Å². The van der Waals surface area contributed by atoms with E-state index in [2.05, 4.69) is 4.74 Å². The highest BCUT2D eigenvalue weighted by Crippen LogP contribution is 2.55. The summed E-state index contributed by atoms with van der Waals surface area (Å²) in [5, 5.41) is 0. The lowest BCUT2D eigenvalue weighted by Gasteiger charge is -2.35. The van der Waals surface area contributed by atoms with Crippen LogP contribution in [0.25, 0.3) is 0 Å². The molecule has 0 aliphatic heterocycles. The summed E-state index contributed by atoms with van der Waals surface area (Å²) in [5.41, 5.74) is 0.628. The molecule has 0 saturated carbocycles. The van der Waals surface area contributed by atoms with E-state index < -0.39 is 36.5 Å². The van der Waals surface area contributed by atoms with Crippen LogP contribution in [0, 0.1) is 6.92 Å². The van der Waals surface area contributed by atoms with E-state index >= 15 is 0 Å². The summed E-state index contributed by atoms with van der Waals surface area (Å²) in [6.07, 6.45) is -10.7. The zero-order valence-corrected chi connectivity index (χ0v) is 12.4. The largest absolute Gasteiger partial charge is 0.460 e. The van der Waals surface area contributed by atoms with Crippen molar-refractivity contribution in [2.45, 2.75) is 43.4 Å². The van der Waals surface area contributed by atoms with Crippen LogP contribution in [0.5, 0.6) is 0 Å². The number of alkyl halides is 9. The molecule has 0 N–H and O–H groups in total. The van der Waals surface area contributed by atoms with Crippen LogP contribution in [0.15, 0.2) is 24.3 Å². The number of halogens is 9. The van der Waals surface area contributed by atoms with E-state index in [9.17, 15) is 39.5 Å². The molecule has 0 aromatic heterocycles. The molecule has 1 nitrogen and oxygen atoms in total. The first kappa shape index (κ1) is 20.6. The monoisotopic (exact) mass is 368 g/mol. The fraction of sp³-hybridized carbons (Fsp3) is 0.571. The van der Waals surface area contributed by atoms with Crippen molar-refractivity contribution in [1.82, 2.24) is 0 Å². The fourth-order valence-electron chi connectivity index (χ4n) is 1.89. The second-order valence-corrected chi connectivity index (χ2v) is 5.19. The molecule has 0 heterocycles. The van der Waals surface area contributed by atoms with Gasteiger partial charge in [-0.3, -0.25) is 0 Å². The third kappa shape index (κ3) is 3.62. The number of hydrogen-bond donors (Lipinski definition) is 0. The van der Waals surface area contributed by atoms with Gasteiger partial charge in [0.2, 0.25) is 0 Å². The maximum absolute atomic E-state index is 13.6. The Balaban J connectivity index is 3.15. The second kappa shape index (κ2) is 6.45. The summed E-state index contributed by atoms with van der Waals surface area (Å²) >= 11 is 0. The van der Waals surface area contributed by atoms with E-state index in [-0.39, 0.29) is 5.56 Å². The normalized spacial score (nSPS) is 15.5. The molecular formula is C14H13F9O. The van der Waals surface area contributed by atoms with E-state index in [4.69, 9.17) is 0 Å².